The number of H-pyrrole nitrogens is 1. The van der Waals surface area contributed by atoms with E-state index >= 15 is 0 Å². The van der Waals surface area contributed by atoms with Crippen LogP contribution in [0.4, 0.5) is 0 Å². The van der Waals surface area contributed by atoms with E-state index in [-0.39, 0.29) is 17.7 Å². The van der Waals surface area contributed by atoms with Crippen molar-refractivity contribution in [1.29, 1.82) is 0 Å². The Labute approximate surface area is 110 Å². The van der Waals surface area contributed by atoms with Crippen molar-refractivity contribution in [2.24, 2.45) is 5.92 Å². The first-order valence-corrected chi connectivity index (χ1v) is 6.61. The Morgan fingerprint density at radius 2 is 2.33 bits per heavy atom. The number of nitrogens with zero attached hydrogens (tertiary/aromatic N) is 1. The molecule has 0 unspecified atom stereocenters. The fourth-order valence-electron chi connectivity index (χ4n) is 2.47. The van der Waals surface area contributed by atoms with E-state index in [1.165, 1.54) is 16.8 Å². The summed E-state index contributed by atoms with van der Waals surface area (Å²) in [4.78, 5) is 25.0. The molecule has 1 aromatic rings. The van der Waals surface area contributed by atoms with Crippen molar-refractivity contribution >= 4 is 11.6 Å². The Morgan fingerprint density at radius 3 is 2.83 bits per heavy atom. The normalized spacial score (nSPS) is 31.7. The smallest absolute Gasteiger partial charge is 0.330 e. The Hall–Kier alpha value is -1.07. The van der Waals surface area contributed by atoms with Gasteiger partial charge in [0.05, 0.1) is 11.5 Å². The summed E-state index contributed by atoms with van der Waals surface area (Å²) in [5.41, 5.74) is -1.23. The van der Waals surface area contributed by atoms with Crippen molar-refractivity contribution in [3.8, 4) is 0 Å². The summed E-state index contributed by atoms with van der Waals surface area (Å²) in [5.74, 6) is 0.669. The molecule has 0 aliphatic carbocycles. The first-order chi connectivity index (χ1) is 8.52. The van der Waals surface area contributed by atoms with E-state index in [0.29, 0.717) is 12.3 Å². The fraction of sp³-hybridized carbons (Fsp3) is 0.667. The van der Waals surface area contributed by atoms with Gasteiger partial charge in [0.2, 0.25) is 0 Å². The van der Waals surface area contributed by atoms with Crippen LogP contribution < -0.4 is 11.2 Å². The molecule has 0 radical (unpaired) electrons. The second-order valence-corrected chi connectivity index (χ2v) is 5.05. The van der Waals surface area contributed by atoms with E-state index < -0.39 is 11.2 Å². The van der Waals surface area contributed by atoms with Crippen LogP contribution in [0.25, 0.3) is 0 Å². The number of aromatic amines is 1. The van der Waals surface area contributed by atoms with Crippen LogP contribution in [-0.4, -0.2) is 21.0 Å². The van der Waals surface area contributed by atoms with Gasteiger partial charge in [-0.25, -0.2) is 4.79 Å². The minimum Gasteiger partial charge on any atom is -0.350 e. The average Bonchev–Trinajstić information content (AvgIpc) is 2.67. The van der Waals surface area contributed by atoms with Crippen molar-refractivity contribution in [2.45, 2.75) is 38.5 Å². The number of halogens is 1. The third kappa shape index (κ3) is 2.12. The van der Waals surface area contributed by atoms with Gasteiger partial charge in [0.15, 0.2) is 0 Å². The highest BCUT2D eigenvalue weighted by Gasteiger charge is 2.45. The molecule has 100 valence electrons. The predicted molar refractivity (Wildman–Crippen MR) is 69.0 cm³/mol. The summed E-state index contributed by atoms with van der Waals surface area (Å²) in [6, 6.07) is 1.32. The summed E-state index contributed by atoms with van der Waals surface area (Å²) >= 11 is 6.01. The molecule has 1 saturated heterocycles. The van der Waals surface area contributed by atoms with E-state index in [9.17, 15) is 9.59 Å². The molecule has 1 N–H and O–H groups in total. The second-order valence-electron chi connectivity index (χ2n) is 4.78. The lowest BCUT2D eigenvalue weighted by atomic mass is 9.88. The Morgan fingerprint density at radius 1 is 1.61 bits per heavy atom. The zero-order chi connectivity index (χ0) is 13.3. The molecule has 1 aliphatic rings. The maximum absolute atomic E-state index is 11.7. The van der Waals surface area contributed by atoms with Crippen LogP contribution in [0.15, 0.2) is 21.9 Å². The van der Waals surface area contributed by atoms with Gasteiger partial charge in [-0.3, -0.25) is 14.3 Å². The van der Waals surface area contributed by atoms with Crippen LogP contribution in [0, 0.1) is 5.92 Å². The molecule has 3 atom stereocenters. The van der Waals surface area contributed by atoms with Gasteiger partial charge in [-0.2, -0.15) is 0 Å². The third-order valence-corrected chi connectivity index (χ3v) is 4.26. The molecule has 5 nitrogen and oxygen atoms in total. The minimum atomic E-state index is -0.443. The third-order valence-electron chi connectivity index (χ3n) is 3.81. The van der Waals surface area contributed by atoms with Gasteiger partial charge < -0.3 is 4.74 Å². The average molecular weight is 273 g/mol. The van der Waals surface area contributed by atoms with Gasteiger partial charge in [0.25, 0.3) is 5.56 Å². The quantitative estimate of drug-likeness (QED) is 0.848. The van der Waals surface area contributed by atoms with Crippen LogP contribution in [0.1, 0.15) is 32.9 Å². The number of hydrogen-bond donors (Lipinski definition) is 1. The summed E-state index contributed by atoms with van der Waals surface area (Å²) in [6.45, 7) is 4.10. The van der Waals surface area contributed by atoms with Gasteiger partial charge in [0.1, 0.15) is 6.23 Å². The molecule has 0 aromatic carbocycles. The highest BCUT2D eigenvalue weighted by Crippen LogP contribution is 2.43. The molecule has 2 heterocycles. The Kier molecular flexibility index (Phi) is 3.64. The largest absolute Gasteiger partial charge is 0.350 e. The molecule has 18 heavy (non-hydrogen) atoms. The Bertz CT molecular complexity index is 533. The molecule has 6 heteroatoms. The number of alkyl halides is 1. The first kappa shape index (κ1) is 13.4. The van der Waals surface area contributed by atoms with Crippen LogP contribution in [0.3, 0.4) is 0 Å². The minimum absolute atomic E-state index is 0.267. The monoisotopic (exact) mass is 272 g/mol. The summed E-state index contributed by atoms with van der Waals surface area (Å²) in [6.07, 6.45) is 2.63. The second kappa shape index (κ2) is 4.90. The molecule has 1 aliphatic heterocycles. The van der Waals surface area contributed by atoms with Crippen LogP contribution in [0.5, 0.6) is 0 Å². The molecule has 1 aromatic heterocycles. The van der Waals surface area contributed by atoms with Crippen LogP contribution >= 0.6 is 11.6 Å². The molecule has 1 fully saturated rings. The van der Waals surface area contributed by atoms with Crippen molar-refractivity contribution < 1.29 is 4.74 Å². The van der Waals surface area contributed by atoms with Gasteiger partial charge in [0, 0.05) is 12.3 Å². The van der Waals surface area contributed by atoms with Crippen molar-refractivity contribution in [3.63, 3.8) is 0 Å². The maximum atomic E-state index is 11.7. The number of hydrogen-bond acceptors (Lipinski definition) is 3. The molecule has 2 rings (SSSR count). The van der Waals surface area contributed by atoms with Gasteiger partial charge in [-0.05, 0) is 18.8 Å². The number of rotatable bonds is 3. The SMILES string of the molecule is CC[C@@]1(CCl)O[C@@H](n2ccc(=O)[nH]c2=O)C[C@H]1C. The maximum Gasteiger partial charge on any atom is 0.330 e. The lowest BCUT2D eigenvalue weighted by molar-refractivity contribution is -0.0726. The summed E-state index contributed by atoms with van der Waals surface area (Å²) in [5, 5.41) is 0. The van der Waals surface area contributed by atoms with Gasteiger partial charge in [-0.1, -0.05) is 13.8 Å². The Balaban J connectivity index is 2.32. The molecule has 0 amide bonds. The summed E-state index contributed by atoms with van der Waals surface area (Å²) in [7, 11) is 0. The van der Waals surface area contributed by atoms with Crippen molar-refractivity contribution in [3.05, 3.63) is 33.1 Å². The van der Waals surface area contributed by atoms with Crippen LogP contribution in [-0.2, 0) is 4.74 Å². The van der Waals surface area contributed by atoms with E-state index in [1.807, 2.05) is 6.92 Å². The first-order valence-electron chi connectivity index (χ1n) is 6.07. The summed E-state index contributed by atoms with van der Waals surface area (Å²) < 4.78 is 7.39. The van der Waals surface area contributed by atoms with E-state index in [4.69, 9.17) is 16.3 Å². The topological polar surface area (TPSA) is 64.1 Å². The van der Waals surface area contributed by atoms with Crippen molar-refractivity contribution in [2.75, 3.05) is 5.88 Å². The van der Waals surface area contributed by atoms with E-state index in [1.54, 1.807) is 0 Å². The standard InChI is InChI=1S/C12H17ClN2O3/c1-3-12(7-13)8(2)6-10(18-12)15-5-4-9(16)14-11(15)17/h4-5,8,10H,3,6-7H2,1-2H3,(H,14,16,17)/t8-,10-,12+/m1/s1. The highest BCUT2D eigenvalue weighted by molar-refractivity contribution is 6.18. The van der Waals surface area contributed by atoms with Gasteiger partial charge in [-0.15, -0.1) is 11.6 Å². The predicted octanol–water partition coefficient (Wildman–Crippen LogP) is 1.48. The van der Waals surface area contributed by atoms with Crippen molar-refractivity contribution in [1.82, 2.24) is 9.55 Å². The molecule has 0 spiro atoms. The number of ether oxygens (including phenoxy) is 1. The highest BCUT2D eigenvalue weighted by atomic mass is 35.5. The molecular weight excluding hydrogens is 256 g/mol. The lowest BCUT2D eigenvalue weighted by Gasteiger charge is -2.29. The van der Waals surface area contributed by atoms with E-state index in [2.05, 4.69) is 11.9 Å². The lowest BCUT2D eigenvalue weighted by Crippen LogP contribution is -2.37. The van der Waals surface area contributed by atoms with Crippen LogP contribution in [0.2, 0.25) is 0 Å². The molecule has 0 bridgehead atoms. The zero-order valence-electron chi connectivity index (χ0n) is 10.5. The van der Waals surface area contributed by atoms with E-state index in [0.717, 1.165) is 6.42 Å². The molecule has 0 saturated carbocycles. The number of aromatic nitrogens is 2. The molecular formula is C12H17ClN2O3. The number of nitrogens with one attached hydrogen (secondary N) is 1. The fourth-order valence-corrected chi connectivity index (χ4v) is 2.98. The van der Waals surface area contributed by atoms with Gasteiger partial charge >= 0.3 is 5.69 Å². The zero-order valence-corrected chi connectivity index (χ0v) is 11.2.